The quantitative estimate of drug-likeness (QED) is 0.849. The molecule has 5 nitrogen and oxygen atoms in total. The van der Waals surface area contributed by atoms with Gasteiger partial charge in [-0.05, 0) is 18.2 Å². The molecule has 0 spiro atoms. The number of hydrogen-bond donors (Lipinski definition) is 1. The van der Waals surface area contributed by atoms with Crippen LogP contribution in [0.5, 0.6) is 0 Å². The van der Waals surface area contributed by atoms with Crippen molar-refractivity contribution in [2.75, 3.05) is 31.1 Å². The summed E-state index contributed by atoms with van der Waals surface area (Å²) in [4.78, 5) is 15.1. The Labute approximate surface area is 107 Å². The first-order valence-electron chi connectivity index (χ1n) is 6.55. The van der Waals surface area contributed by atoms with Crippen LogP contribution in [0.25, 0.3) is 11.4 Å². The summed E-state index contributed by atoms with van der Waals surface area (Å²) in [7, 11) is 0. The molecule has 3 rings (SSSR count). The Balaban J connectivity index is 1.96. The Bertz CT molecular complexity index is 554. The second-order valence-corrected chi connectivity index (χ2v) is 4.11. The molecule has 2 aromatic rings. The molecule has 0 amide bonds. The van der Waals surface area contributed by atoms with E-state index in [4.69, 9.17) is 1.37 Å². The zero-order valence-electron chi connectivity index (χ0n) is 11.0. The summed E-state index contributed by atoms with van der Waals surface area (Å²) in [6, 6.07) is 5.92. The van der Waals surface area contributed by atoms with Gasteiger partial charge < -0.3 is 10.2 Å². The van der Waals surface area contributed by atoms with Gasteiger partial charge in [0.25, 0.3) is 0 Å². The fraction of sp³-hybridized carbons (Fsp3) is 0.308. The van der Waals surface area contributed by atoms with Crippen molar-refractivity contribution in [1.29, 1.82) is 0 Å². The molecule has 18 heavy (non-hydrogen) atoms. The molecule has 2 aromatic heterocycles. The van der Waals surface area contributed by atoms with E-state index in [1.54, 1.807) is 12.4 Å². The van der Waals surface area contributed by atoms with Crippen molar-refractivity contribution in [3.63, 3.8) is 0 Å². The van der Waals surface area contributed by atoms with Crippen molar-refractivity contribution in [2.24, 2.45) is 0 Å². The van der Waals surface area contributed by atoms with Crippen LogP contribution < -0.4 is 10.2 Å². The van der Waals surface area contributed by atoms with E-state index in [0.717, 1.165) is 26.2 Å². The third kappa shape index (κ3) is 2.31. The molecule has 5 heteroatoms. The van der Waals surface area contributed by atoms with Crippen LogP contribution in [0.3, 0.4) is 0 Å². The van der Waals surface area contributed by atoms with Crippen LogP contribution in [0.15, 0.2) is 36.6 Å². The summed E-state index contributed by atoms with van der Waals surface area (Å²) in [5.74, 6) is 0.679. The molecule has 0 atom stereocenters. The summed E-state index contributed by atoms with van der Waals surface area (Å²) in [5, 5.41) is 3.30. The summed E-state index contributed by atoms with van der Waals surface area (Å²) in [5.41, 5.74) is 1.30. The summed E-state index contributed by atoms with van der Waals surface area (Å²) < 4.78 is 7.92. The van der Waals surface area contributed by atoms with Gasteiger partial charge in [0.2, 0.25) is 5.95 Å². The van der Waals surface area contributed by atoms with Crippen molar-refractivity contribution in [1.82, 2.24) is 20.3 Å². The predicted octanol–water partition coefficient (Wildman–Crippen LogP) is 0.948. The third-order valence-corrected chi connectivity index (χ3v) is 2.90. The van der Waals surface area contributed by atoms with Gasteiger partial charge in [-0.25, -0.2) is 9.97 Å². The molecule has 1 fully saturated rings. The molecule has 0 aromatic carbocycles. The highest BCUT2D eigenvalue weighted by Gasteiger charge is 2.13. The van der Waals surface area contributed by atoms with Gasteiger partial charge in [0.05, 0.1) is 12.8 Å². The van der Waals surface area contributed by atoms with Gasteiger partial charge in [-0.2, -0.15) is 0 Å². The summed E-state index contributed by atoms with van der Waals surface area (Å²) in [6.45, 7) is 3.65. The molecular weight excluding hydrogens is 226 g/mol. The summed E-state index contributed by atoms with van der Waals surface area (Å²) >= 11 is 0. The van der Waals surface area contributed by atoms with Crippen molar-refractivity contribution < 1.29 is 1.37 Å². The molecule has 0 bridgehead atoms. The number of anilines is 1. The molecule has 0 aliphatic carbocycles. The normalized spacial score (nSPS) is 16.4. The molecule has 0 unspecified atom stereocenters. The number of nitrogens with one attached hydrogen (secondary N) is 1. The Morgan fingerprint density at radius 3 is 2.78 bits per heavy atom. The van der Waals surface area contributed by atoms with Gasteiger partial charge in [0, 0.05) is 38.6 Å². The number of hydrogen-bond acceptors (Lipinski definition) is 5. The second-order valence-electron chi connectivity index (χ2n) is 4.11. The maximum Gasteiger partial charge on any atom is 0.225 e. The number of piperazine rings is 1. The molecule has 1 N–H and O–H groups in total. The number of aromatic nitrogens is 3. The first-order valence-corrected chi connectivity index (χ1v) is 6.05. The van der Waals surface area contributed by atoms with Crippen LogP contribution in [-0.2, 0) is 0 Å². The maximum atomic E-state index is 7.92. The molecule has 0 saturated carbocycles. The van der Waals surface area contributed by atoms with Crippen molar-refractivity contribution in [3.05, 3.63) is 36.6 Å². The molecule has 1 aliphatic rings. The van der Waals surface area contributed by atoms with Crippen LogP contribution in [0.2, 0.25) is 0 Å². The minimum atomic E-state index is 0.303. The number of pyridine rings is 1. The first-order chi connectivity index (χ1) is 9.34. The summed E-state index contributed by atoms with van der Waals surface area (Å²) in [6.07, 6.45) is 3.26. The SMILES string of the molecule is [2H]c1cnc(N2CCNCC2)nc1-c1ccccn1. The average molecular weight is 242 g/mol. The first kappa shape index (κ1) is 9.96. The molecule has 0 radical (unpaired) electrons. The zero-order valence-corrected chi connectivity index (χ0v) is 10.0. The lowest BCUT2D eigenvalue weighted by Crippen LogP contribution is -2.44. The van der Waals surface area contributed by atoms with Crippen LogP contribution in [0.1, 0.15) is 1.37 Å². The van der Waals surface area contributed by atoms with Gasteiger partial charge in [0.1, 0.15) is 0 Å². The smallest absolute Gasteiger partial charge is 0.225 e. The van der Waals surface area contributed by atoms with Crippen molar-refractivity contribution >= 4 is 5.95 Å². The van der Waals surface area contributed by atoms with E-state index in [-0.39, 0.29) is 0 Å². The van der Waals surface area contributed by atoms with E-state index in [1.165, 1.54) is 0 Å². The largest absolute Gasteiger partial charge is 0.338 e. The Morgan fingerprint density at radius 1 is 1.11 bits per heavy atom. The fourth-order valence-electron chi connectivity index (χ4n) is 1.96. The molecule has 1 aliphatic heterocycles. The standard InChI is InChI=1S/C13H15N5/c1-2-5-15-11(3-1)12-4-6-16-13(17-12)18-9-7-14-8-10-18/h1-6,14H,7-10H2/i4D. The van der Waals surface area contributed by atoms with Crippen LogP contribution in [-0.4, -0.2) is 41.1 Å². The van der Waals surface area contributed by atoms with Gasteiger partial charge in [-0.3, -0.25) is 4.98 Å². The molecule has 3 heterocycles. The van der Waals surface area contributed by atoms with Crippen LogP contribution in [0.4, 0.5) is 5.95 Å². The highest BCUT2D eigenvalue weighted by atomic mass is 15.3. The van der Waals surface area contributed by atoms with E-state index >= 15 is 0 Å². The highest BCUT2D eigenvalue weighted by molar-refractivity contribution is 5.55. The zero-order chi connectivity index (χ0) is 13.1. The highest BCUT2D eigenvalue weighted by Crippen LogP contribution is 2.16. The van der Waals surface area contributed by atoms with Crippen LogP contribution >= 0.6 is 0 Å². The Kier molecular flexibility index (Phi) is 2.82. The van der Waals surface area contributed by atoms with Crippen molar-refractivity contribution in [2.45, 2.75) is 0 Å². The Hall–Kier alpha value is -2.01. The lowest BCUT2D eigenvalue weighted by molar-refractivity contribution is 0.580. The van der Waals surface area contributed by atoms with E-state index in [1.807, 2.05) is 18.2 Å². The lowest BCUT2D eigenvalue weighted by Gasteiger charge is -2.27. The van der Waals surface area contributed by atoms with Gasteiger partial charge >= 0.3 is 0 Å². The Morgan fingerprint density at radius 2 is 2.00 bits per heavy atom. The predicted molar refractivity (Wildman–Crippen MR) is 70.3 cm³/mol. The topological polar surface area (TPSA) is 53.9 Å². The van der Waals surface area contributed by atoms with E-state index in [9.17, 15) is 0 Å². The lowest BCUT2D eigenvalue weighted by atomic mass is 10.2. The number of nitrogens with zero attached hydrogens (tertiary/aromatic N) is 4. The van der Waals surface area contributed by atoms with E-state index < -0.39 is 0 Å². The van der Waals surface area contributed by atoms with Crippen molar-refractivity contribution in [3.8, 4) is 11.4 Å². The fourth-order valence-corrected chi connectivity index (χ4v) is 1.96. The number of rotatable bonds is 2. The molecule has 92 valence electrons. The van der Waals surface area contributed by atoms with E-state index in [2.05, 4.69) is 25.2 Å². The minimum absolute atomic E-state index is 0.303. The van der Waals surface area contributed by atoms with Crippen LogP contribution in [0, 0.1) is 0 Å². The maximum absolute atomic E-state index is 7.92. The third-order valence-electron chi connectivity index (χ3n) is 2.90. The monoisotopic (exact) mass is 242 g/mol. The minimum Gasteiger partial charge on any atom is -0.338 e. The molecule has 1 saturated heterocycles. The molecular formula is C13H15N5. The average Bonchev–Trinajstić information content (AvgIpc) is 2.49. The van der Waals surface area contributed by atoms with Gasteiger partial charge in [-0.1, -0.05) is 6.07 Å². The van der Waals surface area contributed by atoms with Gasteiger partial charge in [-0.15, -0.1) is 0 Å². The van der Waals surface area contributed by atoms with Gasteiger partial charge in [0.15, 0.2) is 0 Å². The van der Waals surface area contributed by atoms with E-state index in [0.29, 0.717) is 23.4 Å². The second kappa shape index (κ2) is 5.10.